The predicted molar refractivity (Wildman–Crippen MR) is 81.5 cm³/mol. The number of aryl methyl sites for hydroxylation is 1. The molecule has 0 aromatic carbocycles. The zero-order valence-electron chi connectivity index (χ0n) is 12.3. The van der Waals surface area contributed by atoms with E-state index in [0.29, 0.717) is 11.6 Å². The van der Waals surface area contributed by atoms with Gasteiger partial charge in [-0.1, -0.05) is 24.9 Å². The summed E-state index contributed by atoms with van der Waals surface area (Å²) in [5.74, 6) is 1.09. The minimum Gasteiger partial charge on any atom is -0.361 e. The maximum Gasteiger partial charge on any atom is 0.233 e. The molecule has 0 unspecified atom stereocenters. The number of anilines is 1. The van der Waals surface area contributed by atoms with Crippen LogP contribution in [-0.4, -0.2) is 15.4 Å². The first-order valence-corrected chi connectivity index (χ1v) is 8.02. The van der Waals surface area contributed by atoms with Crippen molar-refractivity contribution in [1.82, 2.24) is 9.53 Å². The van der Waals surface area contributed by atoms with Gasteiger partial charge < -0.3 is 9.84 Å². The maximum atomic E-state index is 12.0. The largest absolute Gasteiger partial charge is 0.361 e. The van der Waals surface area contributed by atoms with Crippen LogP contribution in [0.4, 0.5) is 5.82 Å². The van der Waals surface area contributed by atoms with Gasteiger partial charge in [-0.2, -0.15) is 4.37 Å². The third-order valence-electron chi connectivity index (χ3n) is 4.09. The van der Waals surface area contributed by atoms with Crippen molar-refractivity contribution in [3.05, 3.63) is 28.5 Å². The molecule has 1 saturated carbocycles. The van der Waals surface area contributed by atoms with Crippen LogP contribution in [0.1, 0.15) is 48.9 Å². The van der Waals surface area contributed by atoms with Gasteiger partial charge in [-0.25, -0.2) is 0 Å². The smallest absolute Gasteiger partial charge is 0.233 e. The van der Waals surface area contributed by atoms with E-state index >= 15 is 0 Å². The Morgan fingerprint density at radius 3 is 2.86 bits per heavy atom. The first-order chi connectivity index (χ1) is 10.0. The van der Waals surface area contributed by atoms with Crippen molar-refractivity contribution in [1.29, 1.82) is 0 Å². The van der Waals surface area contributed by atoms with Gasteiger partial charge in [0.15, 0.2) is 0 Å². The molecule has 112 valence electrons. The first-order valence-electron chi connectivity index (χ1n) is 7.24. The summed E-state index contributed by atoms with van der Waals surface area (Å²) in [6.07, 6.45) is 5.16. The van der Waals surface area contributed by atoms with Gasteiger partial charge >= 0.3 is 0 Å². The third kappa shape index (κ3) is 3.15. The second-order valence-corrected chi connectivity index (χ2v) is 6.81. The molecule has 0 bridgehead atoms. The van der Waals surface area contributed by atoms with Crippen molar-refractivity contribution in [2.75, 3.05) is 5.32 Å². The van der Waals surface area contributed by atoms with Gasteiger partial charge in [0.1, 0.15) is 11.6 Å². The fraction of sp³-hybridized carbons (Fsp3) is 0.533. The number of hydrogen-bond acceptors (Lipinski definition) is 5. The molecule has 21 heavy (non-hydrogen) atoms. The summed E-state index contributed by atoms with van der Waals surface area (Å²) >= 11 is 1.50. The molecular weight excluding hydrogens is 286 g/mol. The van der Waals surface area contributed by atoms with Crippen molar-refractivity contribution in [3.63, 3.8) is 0 Å². The summed E-state index contributed by atoms with van der Waals surface area (Å²) in [7, 11) is 0. The Labute approximate surface area is 127 Å². The Hall–Kier alpha value is -1.69. The zero-order chi connectivity index (χ0) is 14.9. The van der Waals surface area contributed by atoms with E-state index in [1.807, 2.05) is 13.0 Å². The van der Waals surface area contributed by atoms with Crippen LogP contribution in [0.5, 0.6) is 0 Å². The Morgan fingerprint density at radius 1 is 1.43 bits per heavy atom. The molecule has 0 spiro atoms. The Bertz CT molecular complexity index is 641. The summed E-state index contributed by atoms with van der Waals surface area (Å²) in [6, 6.07) is 3.78. The molecule has 0 aliphatic heterocycles. The van der Waals surface area contributed by atoms with Gasteiger partial charge in [0, 0.05) is 16.4 Å². The molecule has 2 aromatic heterocycles. The number of nitrogens with one attached hydrogen (secondary N) is 1. The predicted octanol–water partition coefficient (Wildman–Crippen LogP) is 3.45. The SMILES string of the molecule is Cc1cc(CC(=O)Nc2cc(C3(C)CCCC3)sn2)on1. The van der Waals surface area contributed by atoms with Crippen molar-refractivity contribution < 1.29 is 9.32 Å². The Balaban J connectivity index is 1.63. The van der Waals surface area contributed by atoms with Gasteiger partial charge in [-0.05, 0) is 37.4 Å². The monoisotopic (exact) mass is 305 g/mol. The molecule has 2 heterocycles. The number of amides is 1. The molecule has 0 radical (unpaired) electrons. The van der Waals surface area contributed by atoms with E-state index in [-0.39, 0.29) is 17.7 Å². The second kappa shape index (κ2) is 5.60. The van der Waals surface area contributed by atoms with Crippen molar-refractivity contribution >= 4 is 23.3 Å². The lowest BCUT2D eigenvalue weighted by Crippen LogP contribution is -2.15. The third-order valence-corrected chi connectivity index (χ3v) is 5.19. The number of hydrogen-bond donors (Lipinski definition) is 1. The normalized spacial score (nSPS) is 17.0. The van der Waals surface area contributed by atoms with Crippen LogP contribution in [0, 0.1) is 6.92 Å². The quantitative estimate of drug-likeness (QED) is 0.939. The molecule has 0 atom stereocenters. The van der Waals surface area contributed by atoms with Crippen LogP contribution in [0.25, 0.3) is 0 Å². The number of nitrogens with zero attached hydrogens (tertiary/aromatic N) is 2. The van der Waals surface area contributed by atoms with E-state index in [1.165, 1.54) is 42.1 Å². The standard InChI is InChI=1S/C15H19N3O2S/c1-10-7-11(20-17-10)8-14(19)16-13-9-12(21-18-13)15(2)5-3-4-6-15/h7,9H,3-6,8H2,1-2H3,(H,16,18,19). The average molecular weight is 305 g/mol. The molecule has 1 amide bonds. The van der Waals surface area contributed by atoms with E-state index < -0.39 is 0 Å². The van der Waals surface area contributed by atoms with Crippen LogP contribution in [0.2, 0.25) is 0 Å². The van der Waals surface area contributed by atoms with E-state index in [9.17, 15) is 4.79 Å². The van der Waals surface area contributed by atoms with Crippen molar-refractivity contribution in [2.24, 2.45) is 0 Å². The molecule has 0 saturated heterocycles. The van der Waals surface area contributed by atoms with Gasteiger partial charge in [0.25, 0.3) is 0 Å². The highest BCUT2D eigenvalue weighted by atomic mass is 32.1. The second-order valence-electron chi connectivity index (χ2n) is 6.00. The number of carbonyl (C=O) groups is 1. The fourth-order valence-corrected chi connectivity index (χ4v) is 3.75. The highest BCUT2D eigenvalue weighted by Gasteiger charge is 2.32. The molecule has 6 heteroatoms. The summed E-state index contributed by atoms with van der Waals surface area (Å²) in [4.78, 5) is 13.2. The van der Waals surface area contributed by atoms with Crippen LogP contribution in [-0.2, 0) is 16.6 Å². The summed E-state index contributed by atoms with van der Waals surface area (Å²) < 4.78 is 9.40. The molecule has 1 fully saturated rings. The van der Waals surface area contributed by atoms with E-state index in [1.54, 1.807) is 6.07 Å². The average Bonchev–Trinajstić information content (AvgIpc) is 3.12. The molecule has 2 aromatic rings. The van der Waals surface area contributed by atoms with Gasteiger partial charge in [-0.3, -0.25) is 4.79 Å². The first kappa shape index (κ1) is 14.3. The van der Waals surface area contributed by atoms with Crippen molar-refractivity contribution in [3.8, 4) is 0 Å². The fourth-order valence-electron chi connectivity index (χ4n) is 2.87. The number of aromatic nitrogens is 2. The topological polar surface area (TPSA) is 68.0 Å². The van der Waals surface area contributed by atoms with Crippen LogP contribution in [0.3, 0.4) is 0 Å². The Morgan fingerprint density at radius 2 is 2.19 bits per heavy atom. The molecule has 1 N–H and O–H groups in total. The van der Waals surface area contributed by atoms with Crippen LogP contribution in [0.15, 0.2) is 16.7 Å². The summed E-state index contributed by atoms with van der Waals surface area (Å²) in [5.41, 5.74) is 1.02. The lowest BCUT2D eigenvalue weighted by Gasteiger charge is -2.20. The van der Waals surface area contributed by atoms with E-state index in [2.05, 4.69) is 21.8 Å². The lowest BCUT2D eigenvalue weighted by molar-refractivity contribution is -0.115. The molecule has 5 nitrogen and oxygen atoms in total. The molecule has 1 aliphatic carbocycles. The van der Waals surface area contributed by atoms with E-state index in [0.717, 1.165) is 5.69 Å². The minimum atomic E-state index is -0.125. The van der Waals surface area contributed by atoms with E-state index in [4.69, 9.17) is 4.52 Å². The summed E-state index contributed by atoms with van der Waals surface area (Å²) in [5, 5.41) is 6.61. The summed E-state index contributed by atoms with van der Waals surface area (Å²) in [6.45, 7) is 4.12. The lowest BCUT2D eigenvalue weighted by atomic mass is 9.87. The molecular formula is C15H19N3O2S. The number of rotatable bonds is 4. The van der Waals surface area contributed by atoms with Crippen LogP contribution >= 0.6 is 11.5 Å². The molecule has 1 aliphatic rings. The minimum absolute atomic E-state index is 0.125. The highest BCUT2D eigenvalue weighted by Crippen LogP contribution is 2.42. The van der Waals surface area contributed by atoms with Crippen molar-refractivity contribution in [2.45, 2.75) is 51.4 Å². The van der Waals surface area contributed by atoms with Crippen LogP contribution < -0.4 is 5.32 Å². The van der Waals surface area contributed by atoms with Gasteiger partial charge in [-0.15, -0.1) is 0 Å². The van der Waals surface area contributed by atoms with Gasteiger partial charge in [0.2, 0.25) is 5.91 Å². The maximum absolute atomic E-state index is 12.0. The van der Waals surface area contributed by atoms with Gasteiger partial charge in [0.05, 0.1) is 12.1 Å². The zero-order valence-corrected chi connectivity index (χ0v) is 13.1. The highest BCUT2D eigenvalue weighted by molar-refractivity contribution is 7.06. The number of carbonyl (C=O) groups excluding carboxylic acids is 1. The Kier molecular flexibility index (Phi) is 3.80. The molecule has 3 rings (SSSR count).